The summed E-state index contributed by atoms with van der Waals surface area (Å²) >= 11 is 0. The van der Waals surface area contributed by atoms with Crippen molar-refractivity contribution in [2.45, 2.75) is 13.5 Å². The minimum absolute atomic E-state index is 0.261. The molecule has 0 atom stereocenters. The van der Waals surface area contributed by atoms with Crippen LogP contribution in [-0.2, 0) is 6.54 Å². The van der Waals surface area contributed by atoms with Crippen LogP contribution in [0.4, 0.5) is 5.69 Å². The fraction of sp³-hybridized carbons (Fsp3) is 0.182. The topological polar surface area (TPSA) is 83.0 Å². The predicted molar refractivity (Wildman–Crippen MR) is 61.5 cm³/mol. The largest absolute Gasteiger partial charge is 0.420 e. The van der Waals surface area contributed by atoms with Crippen LogP contribution >= 0.6 is 0 Å². The molecule has 2 aromatic heterocycles. The number of carbonyl (C=O) groups is 1. The fourth-order valence-electron chi connectivity index (χ4n) is 1.43. The van der Waals surface area contributed by atoms with Gasteiger partial charge in [-0.1, -0.05) is 0 Å². The Morgan fingerprint density at radius 2 is 2.35 bits per heavy atom. The molecule has 2 heterocycles. The Morgan fingerprint density at radius 1 is 1.53 bits per heavy atom. The van der Waals surface area contributed by atoms with Crippen molar-refractivity contribution < 1.29 is 9.53 Å². The first-order valence-corrected chi connectivity index (χ1v) is 5.16. The monoisotopic (exact) mass is 232 g/mol. The van der Waals surface area contributed by atoms with E-state index in [4.69, 9.17) is 10.5 Å². The van der Waals surface area contributed by atoms with Crippen LogP contribution in [0.3, 0.4) is 0 Å². The van der Waals surface area contributed by atoms with Crippen LogP contribution in [0.1, 0.15) is 17.4 Å². The Balaban J connectivity index is 2.23. The van der Waals surface area contributed by atoms with Crippen LogP contribution in [0.5, 0.6) is 5.75 Å². The molecule has 0 aliphatic carbocycles. The lowest BCUT2D eigenvalue weighted by atomic mass is 10.3. The van der Waals surface area contributed by atoms with Gasteiger partial charge in [0.25, 0.3) is 0 Å². The number of aromatic nitrogens is 3. The van der Waals surface area contributed by atoms with Gasteiger partial charge in [0.15, 0.2) is 5.69 Å². The highest BCUT2D eigenvalue weighted by molar-refractivity contribution is 5.94. The van der Waals surface area contributed by atoms with Crippen LogP contribution in [0.15, 0.2) is 30.7 Å². The Bertz CT molecular complexity index is 522. The van der Waals surface area contributed by atoms with Gasteiger partial charge >= 0.3 is 5.97 Å². The van der Waals surface area contributed by atoms with Crippen molar-refractivity contribution in [1.82, 2.24) is 14.8 Å². The zero-order valence-corrected chi connectivity index (χ0v) is 9.33. The van der Waals surface area contributed by atoms with Gasteiger partial charge in [-0.3, -0.25) is 9.67 Å². The third kappa shape index (κ3) is 2.25. The average molecular weight is 232 g/mol. The van der Waals surface area contributed by atoms with Crippen molar-refractivity contribution in [2.24, 2.45) is 0 Å². The van der Waals surface area contributed by atoms with Gasteiger partial charge in [0, 0.05) is 12.7 Å². The number of nitrogen functional groups attached to an aromatic ring is 1. The van der Waals surface area contributed by atoms with Crippen LogP contribution in [0.25, 0.3) is 0 Å². The van der Waals surface area contributed by atoms with Gasteiger partial charge in [-0.2, -0.15) is 5.10 Å². The highest BCUT2D eigenvalue weighted by atomic mass is 16.5. The SMILES string of the molecule is CCn1ncc(N)c1C(=O)Oc1cccnc1. The molecule has 2 N–H and O–H groups in total. The van der Waals surface area contributed by atoms with Crippen molar-refractivity contribution in [3.63, 3.8) is 0 Å². The summed E-state index contributed by atoms with van der Waals surface area (Å²) in [7, 11) is 0. The molecule has 0 aliphatic heterocycles. The van der Waals surface area contributed by atoms with Crippen LogP contribution < -0.4 is 10.5 Å². The summed E-state index contributed by atoms with van der Waals surface area (Å²) in [5.41, 5.74) is 6.24. The molecule has 0 amide bonds. The van der Waals surface area contributed by atoms with E-state index in [0.717, 1.165) is 0 Å². The lowest BCUT2D eigenvalue weighted by Gasteiger charge is -2.06. The summed E-state index contributed by atoms with van der Waals surface area (Å²) in [6.45, 7) is 2.42. The first kappa shape index (κ1) is 11.1. The van der Waals surface area contributed by atoms with E-state index >= 15 is 0 Å². The van der Waals surface area contributed by atoms with E-state index < -0.39 is 5.97 Å². The van der Waals surface area contributed by atoms with Crippen molar-refractivity contribution in [1.29, 1.82) is 0 Å². The van der Waals surface area contributed by atoms with E-state index in [1.54, 1.807) is 18.3 Å². The van der Waals surface area contributed by atoms with Crippen LogP contribution in [0.2, 0.25) is 0 Å². The first-order chi connectivity index (χ1) is 8.22. The molecule has 0 fully saturated rings. The minimum Gasteiger partial charge on any atom is -0.420 e. The number of esters is 1. The van der Waals surface area contributed by atoms with Crippen molar-refractivity contribution in [3.8, 4) is 5.75 Å². The molecule has 0 unspecified atom stereocenters. The molecule has 0 saturated carbocycles. The number of pyridine rings is 1. The molecule has 2 aromatic rings. The van der Waals surface area contributed by atoms with Gasteiger partial charge in [0.05, 0.1) is 18.1 Å². The van der Waals surface area contributed by atoms with Crippen molar-refractivity contribution in [2.75, 3.05) is 5.73 Å². The smallest absolute Gasteiger partial charge is 0.364 e. The molecule has 0 bridgehead atoms. The second kappa shape index (κ2) is 4.65. The third-order valence-electron chi connectivity index (χ3n) is 2.21. The quantitative estimate of drug-likeness (QED) is 0.801. The normalized spacial score (nSPS) is 10.2. The van der Waals surface area contributed by atoms with Gasteiger partial charge in [0.2, 0.25) is 0 Å². The van der Waals surface area contributed by atoms with E-state index in [1.165, 1.54) is 17.1 Å². The highest BCUT2D eigenvalue weighted by Crippen LogP contribution is 2.15. The van der Waals surface area contributed by atoms with Crippen LogP contribution in [0, 0.1) is 0 Å². The highest BCUT2D eigenvalue weighted by Gasteiger charge is 2.18. The molecule has 2 rings (SSSR count). The lowest BCUT2D eigenvalue weighted by molar-refractivity contribution is 0.0722. The summed E-state index contributed by atoms with van der Waals surface area (Å²) in [6, 6.07) is 3.33. The number of nitrogens with zero attached hydrogens (tertiary/aromatic N) is 3. The summed E-state index contributed by atoms with van der Waals surface area (Å²) in [5, 5.41) is 3.97. The Kier molecular flexibility index (Phi) is 3.04. The standard InChI is InChI=1S/C11H12N4O2/c1-2-15-10(9(12)7-14-15)11(16)17-8-4-3-5-13-6-8/h3-7H,2,12H2,1H3. The Hall–Kier alpha value is -2.37. The van der Waals surface area contributed by atoms with Crippen LogP contribution in [-0.4, -0.2) is 20.7 Å². The second-order valence-corrected chi connectivity index (χ2v) is 3.34. The van der Waals surface area contributed by atoms with Gasteiger partial charge in [-0.15, -0.1) is 0 Å². The Labute approximate surface area is 98.0 Å². The van der Waals surface area contributed by atoms with E-state index in [2.05, 4.69) is 10.1 Å². The maximum absolute atomic E-state index is 11.9. The van der Waals surface area contributed by atoms with E-state index in [-0.39, 0.29) is 5.69 Å². The summed E-state index contributed by atoms with van der Waals surface area (Å²) in [5.74, 6) is -0.157. The summed E-state index contributed by atoms with van der Waals surface area (Å²) in [6.07, 6.45) is 4.49. The Morgan fingerprint density at radius 3 is 3.00 bits per heavy atom. The zero-order chi connectivity index (χ0) is 12.3. The molecular weight excluding hydrogens is 220 g/mol. The molecule has 0 radical (unpaired) electrons. The molecule has 0 saturated heterocycles. The summed E-state index contributed by atoms with van der Waals surface area (Å²) < 4.78 is 6.63. The molecule has 0 aliphatic rings. The number of nitrogens with two attached hydrogens (primary N) is 1. The molecule has 0 aromatic carbocycles. The number of carbonyl (C=O) groups excluding carboxylic acids is 1. The van der Waals surface area contributed by atoms with E-state index in [0.29, 0.717) is 18.0 Å². The minimum atomic E-state index is -0.533. The maximum atomic E-state index is 11.9. The first-order valence-electron chi connectivity index (χ1n) is 5.16. The second-order valence-electron chi connectivity index (χ2n) is 3.34. The lowest BCUT2D eigenvalue weighted by Crippen LogP contribution is -2.16. The maximum Gasteiger partial charge on any atom is 0.364 e. The number of ether oxygens (including phenoxy) is 1. The number of hydrogen-bond acceptors (Lipinski definition) is 5. The van der Waals surface area contributed by atoms with E-state index in [1.807, 2.05) is 6.92 Å². The van der Waals surface area contributed by atoms with Gasteiger partial charge < -0.3 is 10.5 Å². The third-order valence-corrected chi connectivity index (χ3v) is 2.21. The number of rotatable bonds is 3. The molecule has 88 valence electrons. The van der Waals surface area contributed by atoms with Gasteiger partial charge in [0.1, 0.15) is 5.75 Å². The average Bonchev–Trinajstić information content (AvgIpc) is 2.71. The van der Waals surface area contributed by atoms with E-state index in [9.17, 15) is 4.79 Å². The molecule has 17 heavy (non-hydrogen) atoms. The molecular formula is C11H12N4O2. The predicted octanol–water partition coefficient (Wildman–Crippen LogP) is 1.10. The number of hydrogen-bond donors (Lipinski definition) is 1. The van der Waals surface area contributed by atoms with Gasteiger partial charge in [-0.25, -0.2) is 4.79 Å². The fourth-order valence-corrected chi connectivity index (χ4v) is 1.43. The zero-order valence-electron chi connectivity index (χ0n) is 9.33. The molecule has 0 spiro atoms. The van der Waals surface area contributed by atoms with Crippen molar-refractivity contribution >= 4 is 11.7 Å². The number of anilines is 1. The molecule has 6 nitrogen and oxygen atoms in total. The van der Waals surface area contributed by atoms with Gasteiger partial charge in [-0.05, 0) is 19.1 Å². The summed E-state index contributed by atoms with van der Waals surface area (Å²) in [4.78, 5) is 15.7. The number of aryl methyl sites for hydroxylation is 1. The molecule has 6 heteroatoms. The van der Waals surface area contributed by atoms with Crippen molar-refractivity contribution in [3.05, 3.63) is 36.4 Å².